The molecule has 2 aromatic rings. The van der Waals surface area contributed by atoms with Gasteiger partial charge >= 0.3 is 0 Å². The van der Waals surface area contributed by atoms with Crippen molar-refractivity contribution in [3.63, 3.8) is 0 Å². The van der Waals surface area contributed by atoms with Crippen LogP contribution in [0.15, 0.2) is 46.9 Å². The summed E-state index contributed by atoms with van der Waals surface area (Å²) in [6.07, 6.45) is 5.53. The van der Waals surface area contributed by atoms with E-state index in [0.717, 1.165) is 52.9 Å². The summed E-state index contributed by atoms with van der Waals surface area (Å²) in [5.74, 6) is 1.96. The molecule has 0 aliphatic rings. The maximum absolute atomic E-state index is 12.7. The van der Waals surface area contributed by atoms with Crippen LogP contribution in [0.1, 0.15) is 84.8 Å². The van der Waals surface area contributed by atoms with Crippen molar-refractivity contribution in [2.45, 2.75) is 93.0 Å². The summed E-state index contributed by atoms with van der Waals surface area (Å²) in [5.41, 5.74) is 3.37. The lowest BCUT2D eigenvalue weighted by atomic mass is 10.0. The highest BCUT2D eigenvalue weighted by Crippen LogP contribution is 2.30. The van der Waals surface area contributed by atoms with Crippen LogP contribution in [0.3, 0.4) is 0 Å². The lowest BCUT2D eigenvalue weighted by Gasteiger charge is -2.31. The predicted octanol–water partition coefficient (Wildman–Crippen LogP) is 8.14. The van der Waals surface area contributed by atoms with E-state index in [0.29, 0.717) is 19.3 Å². The Balaban J connectivity index is 0.000000722. The van der Waals surface area contributed by atoms with Crippen LogP contribution in [-0.2, 0) is 20.8 Å². The minimum Gasteiger partial charge on any atom is -0.497 e. The van der Waals surface area contributed by atoms with Crippen molar-refractivity contribution in [2.24, 2.45) is 5.92 Å². The zero-order valence-corrected chi connectivity index (χ0v) is 25.6. The first kappa shape index (κ1) is 34.5. The first-order valence-corrected chi connectivity index (χ1v) is 13.9. The van der Waals surface area contributed by atoms with E-state index >= 15 is 0 Å². The van der Waals surface area contributed by atoms with Crippen molar-refractivity contribution in [1.29, 1.82) is 0 Å². The monoisotopic (exact) mass is 575 g/mol. The topological polar surface area (TPSA) is 63.7 Å². The summed E-state index contributed by atoms with van der Waals surface area (Å²) in [5, 5.41) is 0. The van der Waals surface area contributed by atoms with Gasteiger partial charge in [-0.3, -0.25) is 4.79 Å². The molecule has 0 fully saturated rings. The molecule has 2 rings (SSSR count). The number of hydrogen-bond acceptors (Lipinski definition) is 4. The highest BCUT2D eigenvalue weighted by atomic mass is 79.9. The summed E-state index contributed by atoms with van der Waals surface area (Å²) >= 11 is 3.54. The van der Waals surface area contributed by atoms with Gasteiger partial charge in [0.25, 0.3) is 0 Å². The molecular formula is C31H46BrNO4. The Kier molecular flexibility index (Phi) is 18.3. The summed E-state index contributed by atoms with van der Waals surface area (Å²) in [6, 6.07) is 14.2. The Hall–Kier alpha value is -2.47. The minimum absolute atomic E-state index is 0.0151. The van der Waals surface area contributed by atoms with Crippen LogP contribution in [-0.4, -0.2) is 31.1 Å². The van der Waals surface area contributed by atoms with Crippen LogP contribution in [0.25, 0.3) is 0 Å². The number of rotatable bonds is 11. The number of aldehydes is 1. The number of Topliss-reactive ketones (excluding diaryl/α,β-unsaturated/α-hetero) is 1. The maximum Gasteiger partial charge on any atom is 0.227 e. The highest BCUT2D eigenvalue weighted by Gasteiger charge is 2.23. The van der Waals surface area contributed by atoms with Gasteiger partial charge in [-0.15, -0.1) is 0 Å². The second kappa shape index (κ2) is 19.6. The standard InChI is InChI=1S/C18H26BrNO2.C11H16O.C2H4O/c1-5-6-10-18(22)20(13(2)11-12-14(3)21)17-9-7-8-16(19)15(17)4;1-9(2)8-10-4-6-11(12-3)7-5-10;1-2-3/h7-9,13H,5-6,10-12H2,1-4H3;4-7,9H,8H2,1-3H3;2H,1H3. The Labute approximate surface area is 233 Å². The number of benzene rings is 2. The van der Waals surface area contributed by atoms with Crippen LogP contribution >= 0.6 is 15.9 Å². The van der Waals surface area contributed by atoms with Gasteiger partial charge in [0.05, 0.1) is 7.11 Å². The molecule has 1 unspecified atom stereocenters. The molecule has 0 N–H and O–H groups in total. The van der Waals surface area contributed by atoms with E-state index in [-0.39, 0.29) is 17.7 Å². The largest absolute Gasteiger partial charge is 0.497 e. The summed E-state index contributed by atoms with van der Waals surface area (Å²) in [7, 11) is 1.69. The van der Waals surface area contributed by atoms with E-state index in [4.69, 9.17) is 9.53 Å². The Morgan fingerprint density at radius 3 is 2.14 bits per heavy atom. The molecule has 5 nitrogen and oxygen atoms in total. The van der Waals surface area contributed by atoms with Crippen molar-refractivity contribution < 1.29 is 19.1 Å². The Bertz CT molecular complexity index is 941. The number of ether oxygens (including phenoxy) is 1. The normalized spacial score (nSPS) is 10.9. The molecule has 6 heteroatoms. The Morgan fingerprint density at radius 1 is 1.05 bits per heavy atom. The number of hydrogen-bond donors (Lipinski definition) is 0. The number of nitrogens with zero attached hydrogens (tertiary/aromatic N) is 1. The van der Waals surface area contributed by atoms with Gasteiger partial charge in [-0.2, -0.15) is 0 Å². The molecule has 37 heavy (non-hydrogen) atoms. The average Bonchev–Trinajstić information content (AvgIpc) is 2.85. The fourth-order valence-corrected chi connectivity index (χ4v) is 4.05. The molecule has 0 bridgehead atoms. The second-order valence-electron chi connectivity index (χ2n) is 9.52. The summed E-state index contributed by atoms with van der Waals surface area (Å²) in [4.78, 5) is 34.6. The number of anilines is 1. The SMILES string of the molecule is CC=O.CCCCC(=O)N(c1cccc(Br)c1C)C(C)CCC(C)=O.COc1ccc(CC(C)C)cc1. The Morgan fingerprint density at radius 2 is 1.65 bits per heavy atom. The maximum atomic E-state index is 12.7. The smallest absolute Gasteiger partial charge is 0.227 e. The lowest BCUT2D eigenvalue weighted by molar-refractivity contribution is -0.120. The third kappa shape index (κ3) is 14.2. The van der Waals surface area contributed by atoms with E-state index in [1.165, 1.54) is 12.5 Å². The first-order valence-electron chi connectivity index (χ1n) is 13.1. The fourth-order valence-electron chi connectivity index (χ4n) is 3.70. The van der Waals surface area contributed by atoms with E-state index < -0.39 is 0 Å². The summed E-state index contributed by atoms with van der Waals surface area (Å²) in [6.45, 7) is 13.6. The van der Waals surface area contributed by atoms with Gasteiger partial charge in [-0.1, -0.05) is 61.3 Å². The van der Waals surface area contributed by atoms with Gasteiger partial charge in [0.1, 0.15) is 17.8 Å². The molecule has 0 aliphatic heterocycles. The highest BCUT2D eigenvalue weighted by molar-refractivity contribution is 9.10. The van der Waals surface area contributed by atoms with Crippen molar-refractivity contribution in [3.05, 3.63) is 58.1 Å². The fraction of sp³-hybridized carbons (Fsp3) is 0.516. The number of carbonyl (C=O) groups excluding carboxylic acids is 3. The number of halogens is 1. The second-order valence-corrected chi connectivity index (χ2v) is 10.4. The van der Waals surface area contributed by atoms with Crippen LogP contribution < -0.4 is 9.64 Å². The summed E-state index contributed by atoms with van der Waals surface area (Å²) < 4.78 is 6.07. The third-order valence-electron chi connectivity index (χ3n) is 5.67. The van der Waals surface area contributed by atoms with E-state index in [2.05, 4.69) is 48.8 Å². The average molecular weight is 577 g/mol. The van der Waals surface area contributed by atoms with Crippen molar-refractivity contribution in [2.75, 3.05) is 12.0 Å². The molecule has 0 aliphatic carbocycles. The molecule has 206 valence electrons. The number of unbranched alkanes of at least 4 members (excludes halogenated alkanes) is 1. The van der Waals surface area contributed by atoms with Crippen LogP contribution in [0.4, 0.5) is 5.69 Å². The first-order chi connectivity index (χ1) is 17.5. The third-order valence-corrected chi connectivity index (χ3v) is 6.53. The van der Waals surface area contributed by atoms with E-state index in [1.807, 2.05) is 49.1 Å². The minimum atomic E-state index is 0.0151. The lowest BCUT2D eigenvalue weighted by Crippen LogP contribution is -2.39. The van der Waals surface area contributed by atoms with Crippen LogP contribution in [0.5, 0.6) is 5.75 Å². The van der Waals surface area contributed by atoms with Crippen molar-refractivity contribution >= 4 is 39.6 Å². The van der Waals surface area contributed by atoms with Gasteiger partial charge < -0.3 is 19.2 Å². The van der Waals surface area contributed by atoms with E-state index in [9.17, 15) is 9.59 Å². The van der Waals surface area contributed by atoms with Gasteiger partial charge in [0, 0.05) is 29.0 Å². The van der Waals surface area contributed by atoms with Gasteiger partial charge in [0.2, 0.25) is 5.91 Å². The molecule has 0 heterocycles. The number of carbonyl (C=O) groups is 3. The van der Waals surface area contributed by atoms with E-state index in [1.54, 1.807) is 14.0 Å². The number of ketones is 1. The number of amides is 1. The number of methoxy groups -OCH3 is 1. The van der Waals surface area contributed by atoms with Crippen molar-refractivity contribution in [1.82, 2.24) is 0 Å². The molecule has 0 saturated heterocycles. The molecular weight excluding hydrogens is 530 g/mol. The van der Waals surface area contributed by atoms with Gasteiger partial charge in [-0.25, -0.2) is 0 Å². The zero-order chi connectivity index (χ0) is 28.4. The van der Waals surface area contributed by atoms with Gasteiger partial charge in [-0.05, 0) is 88.3 Å². The quantitative estimate of drug-likeness (QED) is 0.253. The molecule has 0 spiro atoms. The van der Waals surface area contributed by atoms with Crippen molar-refractivity contribution in [3.8, 4) is 5.75 Å². The predicted molar refractivity (Wildman–Crippen MR) is 159 cm³/mol. The molecule has 0 aromatic heterocycles. The molecule has 1 amide bonds. The molecule has 2 aromatic carbocycles. The molecule has 0 saturated carbocycles. The van der Waals surface area contributed by atoms with Crippen LogP contribution in [0.2, 0.25) is 0 Å². The molecule has 1 atom stereocenters. The van der Waals surface area contributed by atoms with Gasteiger partial charge in [0.15, 0.2) is 0 Å². The van der Waals surface area contributed by atoms with Crippen LogP contribution in [0, 0.1) is 12.8 Å². The molecule has 0 radical (unpaired) electrons. The zero-order valence-electron chi connectivity index (χ0n) is 24.0.